The molecular formula is C23H27N3O5. The van der Waals surface area contributed by atoms with Gasteiger partial charge in [-0.1, -0.05) is 18.9 Å². The van der Waals surface area contributed by atoms with Gasteiger partial charge in [-0.25, -0.2) is 4.79 Å². The molecule has 0 saturated carbocycles. The fourth-order valence-electron chi connectivity index (χ4n) is 3.61. The Kier molecular flexibility index (Phi) is 7.59. The lowest BCUT2D eigenvalue weighted by molar-refractivity contribution is -0.145. The predicted molar refractivity (Wildman–Crippen MR) is 117 cm³/mol. The molecule has 2 bridgehead atoms. The Bertz CT molecular complexity index is 960. The summed E-state index contributed by atoms with van der Waals surface area (Å²) in [7, 11) is 1.28. The second-order valence-corrected chi connectivity index (χ2v) is 7.30. The number of benzene rings is 1. The maximum absolute atomic E-state index is 12.6. The maximum Gasteiger partial charge on any atom is 0.411 e. The van der Waals surface area contributed by atoms with Gasteiger partial charge in [0.05, 0.1) is 31.0 Å². The van der Waals surface area contributed by atoms with Crippen LogP contribution in [-0.2, 0) is 19.1 Å². The minimum absolute atomic E-state index is 0.105. The van der Waals surface area contributed by atoms with Crippen molar-refractivity contribution in [2.45, 2.75) is 44.9 Å². The molecule has 1 unspecified atom stereocenters. The fraction of sp³-hybridized carbons (Fsp3) is 0.391. The van der Waals surface area contributed by atoms with E-state index in [2.05, 4.69) is 20.4 Å². The summed E-state index contributed by atoms with van der Waals surface area (Å²) in [5.74, 6) is -0.839. The van der Waals surface area contributed by atoms with Crippen molar-refractivity contribution < 1.29 is 23.9 Å². The number of fused-ring (bicyclic) bond motifs is 4. The maximum atomic E-state index is 12.6. The SMILES string of the molecule is CCOC(=O)C1CCCCCC(=O)Nc2cc(NC(=O)OC)ccc2-c2ccnc1c2. The number of nitrogens with one attached hydrogen (secondary N) is 2. The van der Waals surface area contributed by atoms with E-state index in [-0.39, 0.29) is 11.9 Å². The zero-order valence-electron chi connectivity index (χ0n) is 17.8. The Morgan fingerprint density at radius 1 is 1.19 bits per heavy atom. The van der Waals surface area contributed by atoms with Gasteiger partial charge in [-0.3, -0.25) is 19.9 Å². The highest BCUT2D eigenvalue weighted by Gasteiger charge is 2.24. The molecule has 0 spiro atoms. The molecule has 1 aromatic carbocycles. The average molecular weight is 425 g/mol. The number of pyridine rings is 1. The summed E-state index contributed by atoms with van der Waals surface area (Å²) >= 11 is 0. The topological polar surface area (TPSA) is 107 Å². The van der Waals surface area contributed by atoms with Crippen LogP contribution < -0.4 is 10.6 Å². The Balaban J connectivity index is 2.04. The first-order valence-corrected chi connectivity index (χ1v) is 10.4. The van der Waals surface area contributed by atoms with Crippen molar-refractivity contribution in [1.82, 2.24) is 4.98 Å². The van der Waals surface area contributed by atoms with Crippen LogP contribution in [0.1, 0.15) is 50.6 Å². The molecule has 1 aliphatic heterocycles. The van der Waals surface area contributed by atoms with Gasteiger partial charge in [0.15, 0.2) is 0 Å². The molecule has 0 saturated heterocycles. The van der Waals surface area contributed by atoms with E-state index in [9.17, 15) is 14.4 Å². The summed E-state index contributed by atoms with van der Waals surface area (Å²) in [5.41, 5.74) is 3.26. The van der Waals surface area contributed by atoms with Gasteiger partial charge in [0.1, 0.15) is 0 Å². The number of anilines is 2. The van der Waals surface area contributed by atoms with Crippen molar-refractivity contribution in [3.05, 3.63) is 42.2 Å². The van der Waals surface area contributed by atoms with E-state index in [0.717, 1.165) is 24.0 Å². The van der Waals surface area contributed by atoms with E-state index in [1.165, 1.54) is 7.11 Å². The second-order valence-electron chi connectivity index (χ2n) is 7.30. The Morgan fingerprint density at radius 3 is 2.81 bits per heavy atom. The summed E-state index contributed by atoms with van der Waals surface area (Å²) in [5, 5.41) is 5.56. The number of nitrogens with zero attached hydrogens (tertiary/aromatic N) is 1. The molecule has 2 N–H and O–H groups in total. The zero-order chi connectivity index (χ0) is 22.2. The highest BCUT2D eigenvalue weighted by molar-refractivity contribution is 5.97. The molecule has 1 atom stereocenters. The van der Waals surface area contributed by atoms with Crippen molar-refractivity contribution in [3.8, 4) is 11.1 Å². The first kappa shape index (κ1) is 22.3. The third-order valence-corrected chi connectivity index (χ3v) is 5.14. The van der Waals surface area contributed by atoms with Crippen LogP contribution in [0, 0.1) is 0 Å². The van der Waals surface area contributed by atoms with Gasteiger partial charge < -0.3 is 14.8 Å². The largest absolute Gasteiger partial charge is 0.465 e. The third kappa shape index (κ3) is 5.81. The quantitative estimate of drug-likeness (QED) is 0.703. The first-order chi connectivity index (χ1) is 15.0. The molecule has 0 fully saturated rings. The van der Waals surface area contributed by atoms with Crippen LogP contribution in [0.15, 0.2) is 36.5 Å². The van der Waals surface area contributed by atoms with E-state index < -0.39 is 12.0 Å². The van der Waals surface area contributed by atoms with Crippen LogP contribution in [0.5, 0.6) is 0 Å². The molecule has 2 heterocycles. The predicted octanol–water partition coefficient (Wildman–Crippen LogP) is 4.48. The minimum Gasteiger partial charge on any atom is -0.465 e. The second kappa shape index (κ2) is 10.6. The minimum atomic E-state index is -0.598. The number of amides is 2. The molecule has 0 aliphatic carbocycles. The molecule has 8 nitrogen and oxygen atoms in total. The molecular weight excluding hydrogens is 398 g/mol. The number of ether oxygens (including phenoxy) is 2. The van der Waals surface area contributed by atoms with Crippen molar-refractivity contribution >= 4 is 29.3 Å². The molecule has 164 valence electrons. The van der Waals surface area contributed by atoms with E-state index in [1.807, 2.05) is 12.1 Å². The monoisotopic (exact) mass is 425 g/mol. The van der Waals surface area contributed by atoms with Gasteiger partial charge in [0.25, 0.3) is 0 Å². The molecule has 1 aromatic heterocycles. The van der Waals surface area contributed by atoms with Crippen LogP contribution in [0.2, 0.25) is 0 Å². The normalized spacial score (nSPS) is 16.5. The van der Waals surface area contributed by atoms with E-state index >= 15 is 0 Å². The summed E-state index contributed by atoms with van der Waals surface area (Å²) in [6.45, 7) is 2.10. The van der Waals surface area contributed by atoms with Crippen molar-refractivity contribution in [2.24, 2.45) is 0 Å². The van der Waals surface area contributed by atoms with Crippen LogP contribution in [0.3, 0.4) is 0 Å². The summed E-state index contributed by atoms with van der Waals surface area (Å²) < 4.78 is 9.92. The van der Waals surface area contributed by atoms with Crippen molar-refractivity contribution in [2.75, 3.05) is 24.4 Å². The number of esters is 1. The van der Waals surface area contributed by atoms with Gasteiger partial charge in [0, 0.05) is 23.9 Å². The third-order valence-electron chi connectivity index (χ3n) is 5.14. The standard InChI is InChI=1S/C23H27N3O5/c1-3-31-22(28)18-7-5-4-6-8-21(27)26-20-14-16(25-23(29)30-2)9-10-17(20)15-11-12-24-19(18)13-15/h9-14,18H,3-8H2,1-2H3,(H,25,29)(H,26,27). The lowest BCUT2D eigenvalue weighted by atomic mass is 9.94. The van der Waals surface area contributed by atoms with Crippen molar-refractivity contribution in [1.29, 1.82) is 0 Å². The fourth-order valence-corrected chi connectivity index (χ4v) is 3.61. The molecule has 1 aliphatic rings. The number of hydrogen-bond acceptors (Lipinski definition) is 6. The molecule has 2 aromatic rings. The summed E-state index contributed by atoms with van der Waals surface area (Å²) in [6.07, 6.45) is 4.37. The number of rotatable bonds is 3. The Morgan fingerprint density at radius 2 is 2.03 bits per heavy atom. The van der Waals surface area contributed by atoms with Gasteiger partial charge in [-0.15, -0.1) is 0 Å². The Labute approximate surface area is 181 Å². The van der Waals surface area contributed by atoms with Crippen LogP contribution >= 0.6 is 0 Å². The number of methoxy groups -OCH3 is 1. The van der Waals surface area contributed by atoms with Gasteiger partial charge in [-0.2, -0.15) is 0 Å². The highest BCUT2D eigenvalue weighted by Crippen LogP contribution is 2.34. The number of carbonyl (C=O) groups is 3. The lowest BCUT2D eigenvalue weighted by Crippen LogP contribution is -2.17. The molecule has 0 radical (unpaired) electrons. The average Bonchev–Trinajstić information content (AvgIpc) is 2.76. The lowest BCUT2D eigenvalue weighted by Gasteiger charge is -2.17. The summed E-state index contributed by atoms with van der Waals surface area (Å²) in [4.78, 5) is 41.1. The molecule has 3 rings (SSSR count). The van der Waals surface area contributed by atoms with E-state index in [4.69, 9.17) is 4.74 Å². The number of hydrogen-bond donors (Lipinski definition) is 2. The van der Waals surface area contributed by atoms with Crippen LogP contribution in [0.25, 0.3) is 11.1 Å². The smallest absolute Gasteiger partial charge is 0.411 e. The molecule has 31 heavy (non-hydrogen) atoms. The zero-order valence-corrected chi connectivity index (χ0v) is 17.8. The Hall–Kier alpha value is -3.42. The highest BCUT2D eigenvalue weighted by atomic mass is 16.5. The van der Waals surface area contributed by atoms with Crippen LogP contribution in [-0.4, -0.2) is 36.7 Å². The van der Waals surface area contributed by atoms with Crippen LogP contribution in [0.4, 0.5) is 16.2 Å². The molecule has 8 heteroatoms. The van der Waals surface area contributed by atoms with Gasteiger partial charge in [-0.05, 0) is 49.6 Å². The summed E-state index contributed by atoms with van der Waals surface area (Å²) in [6, 6.07) is 8.90. The van der Waals surface area contributed by atoms with Crippen molar-refractivity contribution in [3.63, 3.8) is 0 Å². The first-order valence-electron chi connectivity index (χ1n) is 10.4. The van der Waals surface area contributed by atoms with Gasteiger partial charge >= 0.3 is 12.1 Å². The number of carbonyl (C=O) groups excluding carboxylic acids is 3. The number of aromatic nitrogens is 1. The molecule has 2 amide bonds. The van der Waals surface area contributed by atoms with E-state index in [0.29, 0.717) is 42.9 Å². The van der Waals surface area contributed by atoms with Gasteiger partial charge in [0.2, 0.25) is 5.91 Å². The van der Waals surface area contributed by atoms with E-state index in [1.54, 1.807) is 31.3 Å².